The highest BCUT2D eigenvalue weighted by molar-refractivity contribution is 5.87. The SMILES string of the molecule is C/C1=C/COc2ccc(cc2)/C=C\C(=O)OC1. The van der Waals surface area contributed by atoms with Crippen LogP contribution in [0.3, 0.4) is 0 Å². The zero-order valence-electron chi connectivity index (χ0n) is 9.68. The summed E-state index contributed by atoms with van der Waals surface area (Å²) in [6, 6.07) is 7.55. The van der Waals surface area contributed by atoms with Crippen LogP contribution >= 0.6 is 0 Å². The summed E-state index contributed by atoms with van der Waals surface area (Å²) < 4.78 is 10.6. The van der Waals surface area contributed by atoms with E-state index in [-0.39, 0.29) is 5.97 Å². The maximum Gasteiger partial charge on any atom is 0.331 e. The van der Waals surface area contributed by atoms with Crippen LogP contribution in [-0.4, -0.2) is 19.2 Å². The van der Waals surface area contributed by atoms with Crippen LogP contribution in [0.15, 0.2) is 42.0 Å². The Bertz CT molecular complexity index is 455. The summed E-state index contributed by atoms with van der Waals surface area (Å²) in [6.07, 6.45) is 5.06. The number of rotatable bonds is 0. The lowest BCUT2D eigenvalue weighted by atomic mass is 10.2. The van der Waals surface area contributed by atoms with E-state index < -0.39 is 0 Å². The summed E-state index contributed by atoms with van der Waals surface area (Å²) in [5.41, 5.74) is 1.92. The Balaban J connectivity index is 2.23. The van der Waals surface area contributed by atoms with Crippen molar-refractivity contribution >= 4 is 12.0 Å². The lowest BCUT2D eigenvalue weighted by Crippen LogP contribution is -2.04. The topological polar surface area (TPSA) is 35.5 Å². The fraction of sp³-hybridized carbons (Fsp3) is 0.214. The molecular formula is C14H14O3. The molecule has 2 aliphatic heterocycles. The summed E-state index contributed by atoms with van der Waals surface area (Å²) in [5.74, 6) is 0.486. The van der Waals surface area contributed by atoms with Crippen LogP contribution < -0.4 is 4.74 Å². The van der Waals surface area contributed by atoms with Gasteiger partial charge in [0.15, 0.2) is 0 Å². The number of fused-ring (bicyclic) bond motifs is 8. The standard InChI is InChI=1S/C14H14O3/c1-11-8-9-16-13-5-2-12(3-6-13)4-7-14(15)17-10-11/h2-8H,9-10H2,1H3/b7-4-,11-8-. The highest BCUT2D eigenvalue weighted by atomic mass is 16.5. The molecule has 2 heterocycles. The molecule has 3 rings (SSSR count). The molecule has 0 atom stereocenters. The van der Waals surface area contributed by atoms with Crippen LogP contribution in [0.1, 0.15) is 12.5 Å². The molecule has 17 heavy (non-hydrogen) atoms. The van der Waals surface area contributed by atoms with Gasteiger partial charge in [-0.3, -0.25) is 0 Å². The predicted molar refractivity (Wildman–Crippen MR) is 65.7 cm³/mol. The Kier molecular flexibility index (Phi) is 3.60. The zero-order valence-corrected chi connectivity index (χ0v) is 9.68. The molecular weight excluding hydrogens is 216 g/mol. The van der Waals surface area contributed by atoms with E-state index in [9.17, 15) is 4.79 Å². The van der Waals surface area contributed by atoms with Crippen molar-refractivity contribution in [1.29, 1.82) is 0 Å². The lowest BCUT2D eigenvalue weighted by Gasteiger charge is -2.04. The number of carbonyl (C=O) groups is 1. The smallest absolute Gasteiger partial charge is 0.331 e. The van der Waals surface area contributed by atoms with E-state index in [2.05, 4.69) is 0 Å². The van der Waals surface area contributed by atoms with Crippen LogP contribution in [0.25, 0.3) is 6.08 Å². The average Bonchev–Trinajstić information content (AvgIpc) is 2.36. The molecule has 0 radical (unpaired) electrons. The van der Waals surface area contributed by atoms with Gasteiger partial charge >= 0.3 is 5.97 Å². The van der Waals surface area contributed by atoms with Crippen LogP contribution in [0, 0.1) is 0 Å². The number of ether oxygens (including phenoxy) is 2. The van der Waals surface area contributed by atoms with Gasteiger partial charge in [-0.15, -0.1) is 0 Å². The fourth-order valence-electron chi connectivity index (χ4n) is 1.41. The minimum Gasteiger partial charge on any atom is -0.490 e. The number of hydrogen-bond donors (Lipinski definition) is 0. The molecule has 0 fully saturated rings. The van der Waals surface area contributed by atoms with Gasteiger partial charge in [0.2, 0.25) is 0 Å². The van der Waals surface area contributed by atoms with E-state index in [0.717, 1.165) is 16.9 Å². The van der Waals surface area contributed by atoms with Crippen molar-refractivity contribution in [3.63, 3.8) is 0 Å². The van der Waals surface area contributed by atoms with Crippen molar-refractivity contribution in [2.45, 2.75) is 6.92 Å². The molecule has 0 saturated carbocycles. The largest absolute Gasteiger partial charge is 0.490 e. The number of benzene rings is 1. The van der Waals surface area contributed by atoms with Gasteiger partial charge in [-0.05, 0) is 42.3 Å². The first-order valence-electron chi connectivity index (χ1n) is 5.47. The summed E-state index contributed by atoms with van der Waals surface area (Å²) in [5, 5.41) is 0. The van der Waals surface area contributed by atoms with E-state index in [0.29, 0.717) is 13.2 Å². The van der Waals surface area contributed by atoms with E-state index in [4.69, 9.17) is 9.47 Å². The van der Waals surface area contributed by atoms with E-state index in [1.54, 1.807) is 6.08 Å². The van der Waals surface area contributed by atoms with Gasteiger partial charge in [0.1, 0.15) is 19.0 Å². The monoisotopic (exact) mass is 230 g/mol. The third-order valence-electron chi connectivity index (χ3n) is 2.42. The molecule has 1 aromatic carbocycles. The molecule has 0 saturated heterocycles. The first-order valence-corrected chi connectivity index (χ1v) is 5.47. The lowest BCUT2D eigenvalue weighted by molar-refractivity contribution is -0.136. The minimum atomic E-state index is -0.331. The molecule has 2 aliphatic rings. The molecule has 0 spiro atoms. The van der Waals surface area contributed by atoms with E-state index >= 15 is 0 Å². The van der Waals surface area contributed by atoms with Gasteiger partial charge in [-0.2, -0.15) is 0 Å². The van der Waals surface area contributed by atoms with Crippen molar-refractivity contribution in [1.82, 2.24) is 0 Å². The van der Waals surface area contributed by atoms with Crippen LogP contribution in [0.5, 0.6) is 5.75 Å². The third kappa shape index (κ3) is 3.48. The predicted octanol–water partition coefficient (Wildman–Crippen LogP) is 2.58. The summed E-state index contributed by atoms with van der Waals surface area (Å²) in [7, 11) is 0. The zero-order chi connectivity index (χ0) is 12.1. The van der Waals surface area contributed by atoms with Gasteiger partial charge in [0.05, 0.1) is 0 Å². The molecule has 3 nitrogen and oxygen atoms in total. The first kappa shape index (κ1) is 11.5. The molecule has 1 aromatic rings. The molecule has 0 unspecified atom stereocenters. The number of hydrogen-bond acceptors (Lipinski definition) is 3. The molecule has 0 amide bonds. The maximum atomic E-state index is 11.4. The number of carbonyl (C=O) groups excluding carboxylic acids is 1. The average molecular weight is 230 g/mol. The van der Waals surface area contributed by atoms with Gasteiger partial charge in [-0.25, -0.2) is 4.79 Å². The molecule has 0 N–H and O–H groups in total. The van der Waals surface area contributed by atoms with Gasteiger partial charge < -0.3 is 9.47 Å². The van der Waals surface area contributed by atoms with Gasteiger partial charge in [0.25, 0.3) is 0 Å². The Hall–Kier alpha value is -2.03. The second-order valence-corrected chi connectivity index (χ2v) is 3.87. The Morgan fingerprint density at radius 3 is 2.59 bits per heavy atom. The Morgan fingerprint density at radius 2 is 1.82 bits per heavy atom. The molecule has 88 valence electrons. The Morgan fingerprint density at radius 1 is 1.06 bits per heavy atom. The van der Waals surface area contributed by atoms with Crippen molar-refractivity contribution in [3.05, 3.63) is 47.6 Å². The molecule has 3 heteroatoms. The van der Waals surface area contributed by atoms with Crippen molar-refractivity contribution in [2.75, 3.05) is 13.2 Å². The summed E-state index contributed by atoms with van der Waals surface area (Å²) in [4.78, 5) is 11.4. The Labute approximate surface area is 100 Å². The summed E-state index contributed by atoms with van der Waals surface area (Å²) >= 11 is 0. The van der Waals surface area contributed by atoms with Gasteiger partial charge in [0, 0.05) is 6.08 Å². The van der Waals surface area contributed by atoms with Crippen molar-refractivity contribution < 1.29 is 14.3 Å². The summed E-state index contributed by atoms with van der Waals surface area (Å²) in [6.45, 7) is 2.69. The van der Waals surface area contributed by atoms with Crippen molar-refractivity contribution in [3.8, 4) is 5.75 Å². The van der Waals surface area contributed by atoms with Gasteiger partial charge in [-0.1, -0.05) is 12.1 Å². The highest BCUT2D eigenvalue weighted by Crippen LogP contribution is 2.14. The molecule has 2 bridgehead atoms. The van der Waals surface area contributed by atoms with Crippen molar-refractivity contribution in [2.24, 2.45) is 0 Å². The molecule has 0 aliphatic carbocycles. The van der Waals surface area contributed by atoms with E-state index in [1.165, 1.54) is 6.08 Å². The van der Waals surface area contributed by atoms with Crippen LogP contribution in [-0.2, 0) is 9.53 Å². The fourth-order valence-corrected chi connectivity index (χ4v) is 1.41. The van der Waals surface area contributed by atoms with Crippen LogP contribution in [0.4, 0.5) is 0 Å². The first-order chi connectivity index (χ1) is 8.24. The third-order valence-corrected chi connectivity index (χ3v) is 2.42. The highest BCUT2D eigenvalue weighted by Gasteiger charge is 2.00. The minimum absolute atomic E-state index is 0.304. The van der Waals surface area contributed by atoms with E-state index in [1.807, 2.05) is 37.3 Å². The second-order valence-electron chi connectivity index (χ2n) is 3.87. The quantitative estimate of drug-likeness (QED) is 0.507. The maximum absolute atomic E-state index is 11.4. The van der Waals surface area contributed by atoms with Crippen LogP contribution in [0.2, 0.25) is 0 Å². The second kappa shape index (κ2) is 5.34. The normalized spacial score (nSPS) is 21.0. The molecule has 0 aromatic heterocycles. The number of esters is 1.